The first-order chi connectivity index (χ1) is 7.50. The Hall–Kier alpha value is -1.35. The zero-order valence-corrected chi connectivity index (χ0v) is 10.1. The molecule has 1 N–H and O–H groups in total. The molecule has 0 spiro atoms. The van der Waals surface area contributed by atoms with E-state index in [1.54, 1.807) is 25.9 Å². The molecule has 1 rings (SSSR count). The molecule has 3 heteroatoms. The van der Waals surface area contributed by atoms with Gasteiger partial charge in [-0.25, -0.2) is 0 Å². The second kappa shape index (κ2) is 5.66. The fraction of sp³-hybridized carbons (Fsp3) is 0.462. The number of benzene rings is 1. The summed E-state index contributed by atoms with van der Waals surface area (Å²) in [5.74, 6) is 0.0158. The van der Waals surface area contributed by atoms with Gasteiger partial charge in [-0.1, -0.05) is 12.1 Å². The number of aliphatic hydroxyl groups is 1. The van der Waals surface area contributed by atoms with Gasteiger partial charge in [0.1, 0.15) is 0 Å². The maximum atomic E-state index is 11.6. The topological polar surface area (TPSA) is 40.5 Å². The standard InChI is InChI=1S/C13H19NO2/c1-10(15)4-5-11-6-8-12(9-7-11)13(16)14(2)3/h6-10,15H,4-5H2,1-3H3. The van der Waals surface area contributed by atoms with Gasteiger partial charge in [0.25, 0.3) is 5.91 Å². The van der Waals surface area contributed by atoms with E-state index in [-0.39, 0.29) is 12.0 Å². The van der Waals surface area contributed by atoms with Crippen LogP contribution in [0.1, 0.15) is 29.3 Å². The quantitative estimate of drug-likeness (QED) is 0.840. The van der Waals surface area contributed by atoms with Crippen molar-refractivity contribution in [2.24, 2.45) is 0 Å². The zero-order valence-electron chi connectivity index (χ0n) is 10.1. The van der Waals surface area contributed by atoms with Crippen molar-refractivity contribution >= 4 is 5.91 Å². The number of amides is 1. The fourth-order valence-electron chi connectivity index (χ4n) is 1.45. The van der Waals surface area contributed by atoms with Crippen molar-refractivity contribution in [2.45, 2.75) is 25.9 Å². The van der Waals surface area contributed by atoms with Crippen LogP contribution in [0.3, 0.4) is 0 Å². The Morgan fingerprint density at radius 1 is 1.31 bits per heavy atom. The number of hydrogen-bond acceptors (Lipinski definition) is 2. The number of hydrogen-bond donors (Lipinski definition) is 1. The van der Waals surface area contributed by atoms with Crippen molar-refractivity contribution in [1.82, 2.24) is 4.90 Å². The van der Waals surface area contributed by atoms with Crippen LogP contribution >= 0.6 is 0 Å². The number of nitrogens with zero attached hydrogens (tertiary/aromatic N) is 1. The van der Waals surface area contributed by atoms with E-state index in [0.29, 0.717) is 5.56 Å². The van der Waals surface area contributed by atoms with E-state index in [0.717, 1.165) is 18.4 Å². The SMILES string of the molecule is CC(O)CCc1ccc(C(=O)N(C)C)cc1. The van der Waals surface area contributed by atoms with Crippen LogP contribution < -0.4 is 0 Å². The first-order valence-electron chi connectivity index (χ1n) is 5.49. The summed E-state index contributed by atoms with van der Waals surface area (Å²) in [7, 11) is 3.48. The van der Waals surface area contributed by atoms with Gasteiger partial charge in [-0.3, -0.25) is 4.79 Å². The lowest BCUT2D eigenvalue weighted by Crippen LogP contribution is -2.21. The molecule has 3 nitrogen and oxygen atoms in total. The van der Waals surface area contributed by atoms with Crippen molar-refractivity contribution in [2.75, 3.05) is 14.1 Å². The highest BCUT2D eigenvalue weighted by molar-refractivity contribution is 5.93. The molecular formula is C13H19NO2. The van der Waals surface area contributed by atoms with Gasteiger partial charge >= 0.3 is 0 Å². The van der Waals surface area contributed by atoms with Gasteiger partial charge < -0.3 is 10.0 Å². The molecule has 0 aromatic heterocycles. The first-order valence-corrected chi connectivity index (χ1v) is 5.49. The minimum atomic E-state index is -0.275. The summed E-state index contributed by atoms with van der Waals surface area (Å²) >= 11 is 0. The molecule has 16 heavy (non-hydrogen) atoms. The summed E-state index contributed by atoms with van der Waals surface area (Å²) in [5, 5.41) is 9.17. The minimum Gasteiger partial charge on any atom is -0.393 e. The molecule has 1 amide bonds. The van der Waals surface area contributed by atoms with E-state index in [1.807, 2.05) is 24.3 Å². The Balaban J connectivity index is 2.64. The molecule has 0 aliphatic heterocycles. The summed E-state index contributed by atoms with van der Waals surface area (Å²) in [4.78, 5) is 13.2. The van der Waals surface area contributed by atoms with Crippen LogP contribution in [0.15, 0.2) is 24.3 Å². The van der Waals surface area contributed by atoms with E-state index >= 15 is 0 Å². The van der Waals surface area contributed by atoms with Gasteiger partial charge in [-0.05, 0) is 37.5 Å². The van der Waals surface area contributed by atoms with E-state index in [2.05, 4.69) is 0 Å². The average molecular weight is 221 g/mol. The highest BCUT2D eigenvalue weighted by atomic mass is 16.3. The average Bonchev–Trinajstić information content (AvgIpc) is 2.26. The molecule has 88 valence electrons. The van der Waals surface area contributed by atoms with Gasteiger partial charge in [-0.15, -0.1) is 0 Å². The summed E-state index contributed by atoms with van der Waals surface area (Å²) in [5.41, 5.74) is 1.85. The lowest BCUT2D eigenvalue weighted by Gasteiger charge is -2.10. The van der Waals surface area contributed by atoms with E-state index < -0.39 is 0 Å². The van der Waals surface area contributed by atoms with Gasteiger partial charge in [0.2, 0.25) is 0 Å². The monoisotopic (exact) mass is 221 g/mol. The van der Waals surface area contributed by atoms with Gasteiger partial charge in [0, 0.05) is 19.7 Å². The molecule has 0 aliphatic rings. The predicted molar refractivity (Wildman–Crippen MR) is 64.5 cm³/mol. The van der Waals surface area contributed by atoms with Gasteiger partial charge in [0.15, 0.2) is 0 Å². The fourth-order valence-corrected chi connectivity index (χ4v) is 1.45. The second-order valence-corrected chi connectivity index (χ2v) is 4.28. The molecular weight excluding hydrogens is 202 g/mol. The molecule has 0 saturated carbocycles. The molecule has 0 radical (unpaired) electrons. The first kappa shape index (κ1) is 12.7. The molecule has 1 aromatic rings. The van der Waals surface area contributed by atoms with Crippen LogP contribution in [0.25, 0.3) is 0 Å². The van der Waals surface area contributed by atoms with Crippen LogP contribution in [0.5, 0.6) is 0 Å². The number of aryl methyl sites for hydroxylation is 1. The molecule has 1 atom stereocenters. The largest absolute Gasteiger partial charge is 0.393 e. The molecule has 0 heterocycles. The Morgan fingerprint density at radius 2 is 1.88 bits per heavy atom. The summed E-state index contributed by atoms with van der Waals surface area (Å²) in [6.07, 6.45) is 1.32. The molecule has 0 aliphatic carbocycles. The molecule has 1 unspecified atom stereocenters. The van der Waals surface area contributed by atoms with Crippen molar-refractivity contribution in [3.05, 3.63) is 35.4 Å². The zero-order chi connectivity index (χ0) is 12.1. The summed E-state index contributed by atoms with van der Waals surface area (Å²) in [6.45, 7) is 1.78. The smallest absolute Gasteiger partial charge is 0.253 e. The van der Waals surface area contributed by atoms with Crippen LogP contribution in [-0.2, 0) is 6.42 Å². The van der Waals surface area contributed by atoms with E-state index in [9.17, 15) is 4.79 Å². The Morgan fingerprint density at radius 3 is 2.31 bits per heavy atom. The van der Waals surface area contributed by atoms with E-state index in [1.165, 1.54) is 0 Å². The number of carbonyl (C=O) groups excluding carboxylic acids is 1. The molecule has 0 fully saturated rings. The van der Waals surface area contributed by atoms with Crippen molar-refractivity contribution in [1.29, 1.82) is 0 Å². The second-order valence-electron chi connectivity index (χ2n) is 4.28. The summed E-state index contributed by atoms with van der Waals surface area (Å²) < 4.78 is 0. The number of carbonyl (C=O) groups is 1. The normalized spacial score (nSPS) is 12.2. The van der Waals surface area contributed by atoms with E-state index in [4.69, 9.17) is 5.11 Å². The van der Waals surface area contributed by atoms with Crippen LogP contribution in [-0.4, -0.2) is 36.1 Å². The lowest BCUT2D eigenvalue weighted by molar-refractivity contribution is 0.0827. The summed E-state index contributed by atoms with van der Waals surface area (Å²) in [6, 6.07) is 7.55. The third kappa shape index (κ3) is 3.66. The van der Waals surface area contributed by atoms with Gasteiger partial charge in [0.05, 0.1) is 6.10 Å². The number of rotatable bonds is 4. The molecule has 1 aromatic carbocycles. The van der Waals surface area contributed by atoms with Crippen LogP contribution in [0.4, 0.5) is 0 Å². The van der Waals surface area contributed by atoms with Gasteiger partial charge in [-0.2, -0.15) is 0 Å². The van der Waals surface area contributed by atoms with Crippen LogP contribution in [0.2, 0.25) is 0 Å². The maximum Gasteiger partial charge on any atom is 0.253 e. The Kier molecular flexibility index (Phi) is 4.50. The minimum absolute atomic E-state index is 0.0158. The third-order valence-corrected chi connectivity index (χ3v) is 2.46. The lowest BCUT2D eigenvalue weighted by atomic mass is 10.1. The Labute approximate surface area is 96.7 Å². The number of aliphatic hydroxyl groups excluding tert-OH is 1. The van der Waals surface area contributed by atoms with Crippen molar-refractivity contribution in [3.8, 4) is 0 Å². The van der Waals surface area contributed by atoms with Crippen LogP contribution in [0, 0.1) is 0 Å². The molecule has 0 saturated heterocycles. The highest BCUT2D eigenvalue weighted by Gasteiger charge is 2.07. The molecule has 0 bridgehead atoms. The maximum absolute atomic E-state index is 11.6. The third-order valence-electron chi connectivity index (χ3n) is 2.46. The highest BCUT2D eigenvalue weighted by Crippen LogP contribution is 2.09. The Bertz CT molecular complexity index is 341. The van der Waals surface area contributed by atoms with Crippen molar-refractivity contribution < 1.29 is 9.90 Å². The van der Waals surface area contributed by atoms with Crippen molar-refractivity contribution in [3.63, 3.8) is 0 Å². The predicted octanol–water partition coefficient (Wildman–Crippen LogP) is 1.70.